The van der Waals surface area contributed by atoms with Gasteiger partial charge in [0.05, 0.1) is 11.0 Å². The molecule has 0 spiro atoms. The minimum atomic E-state index is 0.356. The lowest BCUT2D eigenvalue weighted by atomic mass is 9.87. The fourth-order valence-electron chi connectivity index (χ4n) is 8.26. The van der Waals surface area contributed by atoms with Crippen molar-refractivity contribution in [3.63, 3.8) is 0 Å². The van der Waals surface area contributed by atoms with Crippen molar-refractivity contribution in [2.24, 2.45) is 9.98 Å². The van der Waals surface area contributed by atoms with Crippen molar-refractivity contribution < 1.29 is 0 Å². The van der Waals surface area contributed by atoms with Crippen LogP contribution < -0.4 is 0 Å². The van der Waals surface area contributed by atoms with Crippen molar-refractivity contribution in [2.75, 3.05) is 7.05 Å². The fraction of sp³-hybridized carbons (Fsp3) is 0.0833. The maximum atomic E-state index is 7.36. The predicted molar refractivity (Wildman–Crippen MR) is 224 cm³/mol. The van der Waals surface area contributed by atoms with E-state index in [1.807, 2.05) is 7.05 Å². The van der Waals surface area contributed by atoms with Crippen LogP contribution in [0.3, 0.4) is 0 Å². The lowest BCUT2D eigenvalue weighted by Crippen LogP contribution is -2.19. The van der Waals surface area contributed by atoms with Gasteiger partial charge in [-0.1, -0.05) is 151 Å². The van der Waals surface area contributed by atoms with Crippen molar-refractivity contribution in [3.8, 4) is 11.1 Å². The van der Waals surface area contributed by atoms with Crippen molar-refractivity contribution in [1.29, 1.82) is 0 Å². The number of nitrogens with zero attached hydrogens (tertiary/aromatic N) is 3. The topological polar surface area (TPSA) is 29.6 Å². The maximum absolute atomic E-state index is 7.36. The quantitative estimate of drug-likeness (QED) is 0.127. The summed E-state index contributed by atoms with van der Waals surface area (Å²) in [5, 5.41) is 7.64. The standard InChI is InChI=1S/C48H36ClN3/c1-30-36-21-11-10-20-34(36)26-27-37(30)44-31(2)46-45(39-23-13-12-22-38(39)44)40-24-14-15-25-43(40)52(46)48(50-3)47(49)51-35-28-41(32-16-6-4-7-17-32)42(29-35)33-18-8-5-9-19-33/h4-28H,29H2,1-3H3. The van der Waals surface area contributed by atoms with E-state index in [0.29, 0.717) is 17.4 Å². The Labute approximate surface area is 308 Å². The van der Waals surface area contributed by atoms with Gasteiger partial charge in [0.15, 0.2) is 11.0 Å². The molecule has 250 valence electrons. The maximum Gasteiger partial charge on any atom is 0.172 e. The number of allylic oxidation sites excluding steroid dienone is 3. The van der Waals surface area contributed by atoms with Gasteiger partial charge in [-0.25, -0.2) is 4.99 Å². The lowest BCUT2D eigenvalue weighted by molar-refractivity contribution is 1.20. The summed E-state index contributed by atoms with van der Waals surface area (Å²) in [4.78, 5) is 10.0. The molecule has 1 aliphatic carbocycles. The molecule has 0 N–H and O–H groups in total. The van der Waals surface area contributed by atoms with E-state index in [1.165, 1.54) is 65.9 Å². The van der Waals surface area contributed by atoms with Crippen LogP contribution >= 0.6 is 11.6 Å². The van der Waals surface area contributed by atoms with E-state index in [1.54, 1.807) is 0 Å². The van der Waals surface area contributed by atoms with E-state index < -0.39 is 0 Å². The number of benzene rings is 7. The zero-order valence-electron chi connectivity index (χ0n) is 29.4. The Balaban J connectivity index is 1.26. The number of para-hydroxylation sites is 1. The summed E-state index contributed by atoms with van der Waals surface area (Å²) in [6.07, 6.45) is 2.85. The first-order valence-electron chi connectivity index (χ1n) is 17.7. The summed E-state index contributed by atoms with van der Waals surface area (Å²) in [6.45, 7) is 4.49. The number of rotatable bonds is 5. The number of hydrogen-bond donors (Lipinski definition) is 0. The summed E-state index contributed by atoms with van der Waals surface area (Å²) < 4.78 is 2.23. The summed E-state index contributed by atoms with van der Waals surface area (Å²) in [5.74, 6) is 0.614. The van der Waals surface area contributed by atoms with E-state index in [4.69, 9.17) is 21.6 Å². The van der Waals surface area contributed by atoms with Gasteiger partial charge in [0.2, 0.25) is 0 Å². The molecule has 4 heteroatoms. The third-order valence-corrected chi connectivity index (χ3v) is 10.8. The molecule has 0 bridgehead atoms. The molecule has 1 heterocycles. The molecule has 1 aliphatic rings. The highest BCUT2D eigenvalue weighted by atomic mass is 35.5. The largest absolute Gasteiger partial charge is 0.291 e. The Bertz CT molecular complexity index is 2840. The number of aromatic nitrogens is 1. The Morgan fingerprint density at radius 1 is 0.615 bits per heavy atom. The third-order valence-electron chi connectivity index (χ3n) is 10.6. The molecule has 9 rings (SSSR count). The number of hydrogen-bond acceptors (Lipinski definition) is 2. The summed E-state index contributed by atoms with van der Waals surface area (Å²) >= 11 is 7.36. The smallest absolute Gasteiger partial charge is 0.172 e. The van der Waals surface area contributed by atoms with Gasteiger partial charge < -0.3 is 0 Å². The van der Waals surface area contributed by atoms with Crippen LogP contribution in [-0.2, 0) is 0 Å². The molecule has 0 fully saturated rings. The number of aryl methyl sites for hydroxylation is 2. The summed E-state index contributed by atoms with van der Waals surface area (Å²) in [7, 11) is 1.81. The molecule has 0 saturated carbocycles. The van der Waals surface area contributed by atoms with E-state index in [2.05, 4.69) is 170 Å². The summed E-state index contributed by atoms with van der Waals surface area (Å²) in [5.41, 5.74) is 12.7. The van der Waals surface area contributed by atoms with E-state index >= 15 is 0 Å². The Hall–Kier alpha value is -6.03. The van der Waals surface area contributed by atoms with Gasteiger partial charge in [-0.05, 0) is 92.1 Å². The zero-order valence-corrected chi connectivity index (χ0v) is 30.1. The molecule has 0 radical (unpaired) electrons. The highest BCUT2D eigenvalue weighted by Gasteiger charge is 2.26. The molecule has 0 amide bonds. The number of aliphatic imine (C=N–C) groups is 2. The highest BCUT2D eigenvalue weighted by Crippen LogP contribution is 2.45. The minimum Gasteiger partial charge on any atom is -0.291 e. The van der Waals surface area contributed by atoms with Crippen LogP contribution in [0.4, 0.5) is 0 Å². The molecular formula is C48H36ClN3. The second kappa shape index (κ2) is 12.9. The molecule has 0 saturated heterocycles. The van der Waals surface area contributed by atoms with Crippen molar-refractivity contribution in [3.05, 3.63) is 180 Å². The third kappa shape index (κ3) is 5.12. The van der Waals surface area contributed by atoms with Crippen LogP contribution in [0.15, 0.2) is 167 Å². The Kier molecular flexibility index (Phi) is 7.94. The number of fused-ring (bicyclic) bond motifs is 6. The van der Waals surface area contributed by atoms with Crippen molar-refractivity contribution in [2.45, 2.75) is 20.3 Å². The monoisotopic (exact) mass is 689 g/mol. The van der Waals surface area contributed by atoms with Gasteiger partial charge in [-0.15, -0.1) is 0 Å². The molecule has 0 unspecified atom stereocenters. The first-order valence-corrected chi connectivity index (χ1v) is 18.1. The molecule has 0 atom stereocenters. The fourth-order valence-corrected chi connectivity index (χ4v) is 8.54. The first kappa shape index (κ1) is 31.9. The second-order valence-corrected chi connectivity index (χ2v) is 13.8. The van der Waals surface area contributed by atoms with Gasteiger partial charge in [0.25, 0.3) is 0 Å². The van der Waals surface area contributed by atoms with E-state index in [-0.39, 0.29) is 0 Å². The SMILES string of the molecule is CN=C(C(Cl)=NC1=CC(c2ccccc2)=C(c2ccccc2)C1)n1c2ccccc2c2c3ccccc3c(-c3ccc4ccccc4c3C)c(C)c21. The molecule has 0 aliphatic heterocycles. The van der Waals surface area contributed by atoms with Crippen LogP contribution in [-0.4, -0.2) is 22.6 Å². The van der Waals surface area contributed by atoms with Gasteiger partial charge in [-0.2, -0.15) is 0 Å². The normalized spacial score (nSPS) is 14.0. The molecule has 52 heavy (non-hydrogen) atoms. The Morgan fingerprint density at radius 3 is 1.96 bits per heavy atom. The Morgan fingerprint density at radius 2 is 1.23 bits per heavy atom. The number of halogens is 1. The van der Waals surface area contributed by atoms with E-state index in [9.17, 15) is 0 Å². The molecular weight excluding hydrogens is 654 g/mol. The molecule has 3 nitrogen and oxygen atoms in total. The average molecular weight is 690 g/mol. The average Bonchev–Trinajstić information content (AvgIpc) is 3.77. The van der Waals surface area contributed by atoms with E-state index in [0.717, 1.165) is 27.7 Å². The second-order valence-electron chi connectivity index (χ2n) is 13.5. The van der Waals surface area contributed by atoms with Crippen LogP contribution in [0.5, 0.6) is 0 Å². The summed E-state index contributed by atoms with van der Waals surface area (Å²) in [6, 6.07) is 51.6. The van der Waals surface area contributed by atoms with Crippen molar-refractivity contribution in [1.82, 2.24) is 4.57 Å². The van der Waals surface area contributed by atoms with Gasteiger partial charge in [0.1, 0.15) is 0 Å². The highest BCUT2D eigenvalue weighted by molar-refractivity contribution is 6.84. The van der Waals surface area contributed by atoms with Crippen LogP contribution in [0.25, 0.3) is 65.6 Å². The molecule has 8 aromatic rings. The van der Waals surface area contributed by atoms with Crippen LogP contribution in [0, 0.1) is 13.8 Å². The van der Waals surface area contributed by atoms with Crippen LogP contribution in [0.2, 0.25) is 0 Å². The van der Waals surface area contributed by atoms with Crippen molar-refractivity contribution >= 4 is 77.1 Å². The van der Waals surface area contributed by atoms with Gasteiger partial charge in [-0.3, -0.25) is 9.56 Å². The zero-order chi connectivity index (χ0) is 35.3. The predicted octanol–water partition coefficient (Wildman–Crippen LogP) is 12.8. The molecule has 1 aromatic heterocycles. The minimum absolute atomic E-state index is 0.356. The lowest BCUT2D eigenvalue weighted by Gasteiger charge is -2.19. The van der Waals surface area contributed by atoms with Gasteiger partial charge >= 0.3 is 0 Å². The van der Waals surface area contributed by atoms with Crippen LogP contribution in [0.1, 0.15) is 28.7 Å². The molecule has 7 aromatic carbocycles. The first-order chi connectivity index (χ1) is 25.5. The van der Waals surface area contributed by atoms with Gasteiger partial charge in [0, 0.05) is 29.9 Å².